The highest BCUT2D eigenvalue weighted by Gasteiger charge is 2.47. The van der Waals surface area contributed by atoms with Crippen LogP contribution in [0.5, 0.6) is 11.5 Å². The maximum absolute atomic E-state index is 12.2. The molecule has 1 aliphatic rings. The predicted molar refractivity (Wildman–Crippen MR) is 99.2 cm³/mol. The molecule has 2 rings (SSSR count). The molecule has 0 spiro atoms. The van der Waals surface area contributed by atoms with E-state index in [4.69, 9.17) is 9.47 Å². The average Bonchev–Trinajstić information content (AvgIpc) is 3.43. The molecule has 144 valence electrons. The number of methoxy groups -OCH3 is 2. The van der Waals surface area contributed by atoms with E-state index in [1.165, 1.54) is 0 Å². The minimum atomic E-state index is -0.219. The smallest absolute Gasteiger partial charge is 0.224 e. The van der Waals surface area contributed by atoms with Crippen LogP contribution in [-0.4, -0.2) is 58.1 Å². The molecule has 2 atom stereocenters. The zero-order valence-corrected chi connectivity index (χ0v) is 16.0. The first kappa shape index (κ1) is 20.0. The van der Waals surface area contributed by atoms with Gasteiger partial charge in [0.2, 0.25) is 11.8 Å². The van der Waals surface area contributed by atoms with Gasteiger partial charge in [-0.3, -0.25) is 9.59 Å². The van der Waals surface area contributed by atoms with E-state index in [1.54, 1.807) is 20.3 Å². The quantitative estimate of drug-likeness (QED) is 0.607. The zero-order chi connectivity index (χ0) is 19.1. The van der Waals surface area contributed by atoms with E-state index in [1.807, 2.05) is 26.2 Å². The Morgan fingerprint density at radius 3 is 2.35 bits per heavy atom. The molecule has 1 saturated carbocycles. The van der Waals surface area contributed by atoms with Crippen LogP contribution in [0.2, 0.25) is 0 Å². The highest BCUT2D eigenvalue weighted by molar-refractivity contribution is 5.92. The molecule has 0 heterocycles. The SMILES string of the molecule is COc1ccc(CNC(=O)C2CC2C(=O)NCCCN(C)C)cc1OC. The normalized spacial score (nSPS) is 18.3. The molecule has 7 nitrogen and oxygen atoms in total. The molecule has 1 fully saturated rings. The number of hydrogen-bond donors (Lipinski definition) is 2. The van der Waals surface area contributed by atoms with Gasteiger partial charge in [0, 0.05) is 13.1 Å². The summed E-state index contributed by atoms with van der Waals surface area (Å²) in [5.41, 5.74) is 0.918. The molecule has 0 radical (unpaired) electrons. The molecule has 26 heavy (non-hydrogen) atoms. The molecule has 7 heteroatoms. The number of carbonyl (C=O) groups excluding carboxylic acids is 2. The molecule has 2 unspecified atom stereocenters. The molecule has 0 saturated heterocycles. The molecule has 0 aliphatic heterocycles. The maximum Gasteiger partial charge on any atom is 0.224 e. The van der Waals surface area contributed by atoms with Gasteiger partial charge < -0.3 is 25.0 Å². The maximum atomic E-state index is 12.2. The fraction of sp³-hybridized carbons (Fsp3) is 0.579. The summed E-state index contributed by atoms with van der Waals surface area (Å²) >= 11 is 0. The van der Waals surface area contributed by atoms with Crippen molar-refractivity contribution in [2.45, 2.75) is 19.4 Å². The summed E-state index contributed by atoms with van der Waals surface area (Å²) in [5, 5.41) is 5.81. The lowest BCUT2D eigenvalue weighted by atomic mass is 10.2. The number of ether oxygens (including phenoxy) is 2. The van der Waals surface area contributed by atoms with Crippen molar-refractivity contribution in [1.29, 1.82) is 0 Å². The summed E-state index contributed by atoms with van der Waals surface area (Å²) in [6, 6.07) is 5.52. The zero-order valence-electron chi connectivity index (χ0n) is 16.0. The molecule has 1 aromatic carbocycles. The molecule has 2 N–H and O–H groups in total. The predicted octanol–water partition coefficient (Wildman–Crippen LogP) is 1.02. The van der Waals surface area contributed by atoms with E-state index in [0.29, 0.717) is 31.0 Å². The second-order valence-electron chi connectivity index (χ2n) is 6.80. The summed E-state index contributed by atoms with van der Waals surface area (Å²) in [7, 11) is 7.16. The standard InChI is InChI=1S/C19H29N3O4/c1-22(2)9-5-8-20-18(23)14-11-15(14)19(24)21-12-13-6-7-16(25-3)17(10-13)26-4/h6-7,10,14-15H,5,8-9,11-12H2,1-4H3,(H,20,23)(H,21,24). The molecule has 1 aromatic rings. The highest BCUT2D eigenvalue weighted by atomic mass is 16.5. The van der Waals surface area contributed by atoms with E-state index in [-0.39, 0.29) is 23.7 Å². The van der Waals surface area contributed by atoms with Crippen LogP contribution < -0.4 is 20.1 Å². The van der Waals surface area contributed by atoms with Crippen LogP contribution in [0.25, 0.3) is 0 Å². The minimum absolute atomic E-state index is 0.0185. The van der Waals surface area contributed by atoms with E-state index in [2.05, 4.69) is 15.5 Å². The van der Waals surface area contributed by atoms with Crippen molar-refractivity contribution in [3.05, 3.63) is 23.8 Å². The third-order valence-electron chi connectivity index (χ3n) is 4.46. The van der Waals surface area contributed by atoms with Crippen LogP contribution in [-0.2, 0) is 16.1 Å². The summed E-state index contributed by atoms with van der Waals surface area (Å²) in [6.07, 6.45) is 1.53. The summed E-state index contributed by atoms with van der Waals surface area (Å²) in [6.45, 7) is 1.97. The second-order valence-corrected chi connectivity index (χ2v) is 6.80. The molecular weight excluding hydrogens is 334 g/mol. The van der Waals surface area contributed by atoms with Crippen LogP contribution in [0.1, 0.15) is 18.4 Å². The Kier molecular flexibility index (Phi) is 7.26. The second kappa shape index (κ2) is 9.43. The molecule has 1 aliphatic carbocycles. The van der Waals surface area contributed by atoms with Crippen molar-refractivity contribution in [2.24, 2.45) is 11.8 Å². The molecule has 0 aromatic heterocycles. The first-order valence-electron chi connectivity index (χ1n) is 8.87. The number of hydrogen-bond acceptors (Lipinski definition) is 5. The van der Waals surface area contributed by atoms with Crippen LogP contribution in [0.15, 0.2) is 18.2 Å². The van der Waals surface area contributed by atoms with Crippen LogP contribution in [0.4, 0.5) is 0 Å². The molecule has 0 bridgehead atoms. The first-order valence-corrected chi connectivity index (χ1v) is 8.87. The van der Waals surface area contributed by atoms with Gasteiger partial charge in [0.05, 0.1) is 26.1 Å². The van der Waals surface area contributed by atoms with Gasteiger partial charge in [0.1, 0.15) is 0 Å². The Balaban J connectivity index is 1.73. The van der Waals surface area contributed by atoms with E-state index in [0.717, 1.165) is 18.5 Å². The number of benzene rings is 1. The third-order valence-corrected chi connectivity index (χ3v) is 4.46. The van der Waals surface area contributed by atoms with Gasteiger partial charge in [0.15, 0.2) is 11.5 Å². The van der Waals surface area contributed by atoms with E-state index < -0.39 is 0 Å². The van der Waals surface area contributed by atoms with Crippen molar-refractivity contribution in [2.75, 3.05) is 41.4 Å². The van der Waals surface area contributed by atoms with Gasteiger partial charge in [-0.05, 0) is 51.2 Å². The Hall–Kier alpha value is -2.28. The van der Waals surface area contributed by atoms with Crippen LogP contribution in [0.3, 0.4) is 0 Å². The fourth-order valence-corrected chi connectivity index (χ4v) is 2.82. The third kappa shape index (κ3) is 5.62. The molecule has 2 amide bonds. The lowest BCUT2D eigenvalue weighted by Crippen LogP contribution is -2.31. The number of nitrogens with one attached hydrogen (secondary N) is 2. The van der Waals surface area contributed by atoms with Crippen molar-refractivity contribution in [3.63, 3.8) is 0 Å². The van der Waals surface area contributed by atoms with Gasteiger partial charge in [-0.1, -0.05) is 6.07 Å². The number of amides is 2. The lowest BCUT2D eigenvalue weighted by molar-refractivity contribution is -0.127. The number of rotatable bonds is 10. The Morgan fingerprint density at radius 2 is 1.73 bits per heavy atom. The van der Waals surface area contributed by atoms with Crippen molar-refractivity contribution in [3.8, 4) is 11.5 Å². The van der Waals surface area contributed by atoms with E-state index >= 15 is 0 Å². The Bertz CT molecular complexity index is 633. The van der Waals surface area contributed by atoms with Gasteiger partial charge in [-0.15, -0.1) is 0 Å². The minimum Gasteiger partial charge on any atom is -0.493 e. The van der Waals surface area contributed by atoms with Gasteiger partial charge in [-0.25, -0.2) is 0 Å². The van der Waals surface area contributed by atoms with Crippen LogP contribution >= 0.6 is 0 Å². The van der Waals surface area contributed by atoms with E-state index in [9.17, 15) is 9.59 Å². The van der Waals surface area contributed by atoms with Gasteiger partial charge >= 0.3 is 0 Å². The largest absolute Gasteiger partial charge is 0.493 e. The Labute approximate surface area is 155 Å². The number of nitrogens with zero attached hydrogens (tertiary/aromatic N) is 1. The number of carbonyl (C=O) groups is 2. The lowest BCUT2D eigenvalue weighted by Gasteiger charge is -2.11. The monoisotopic (exact) mass is 363 g/mol. The van der Waals surface area contributed by atoms with Crippen molar-refractivity contribution >= 4 is 11.8 Å². The summed E-state index contributed by atoms with van der Waals surface area (Å²) in [4.78, 5) is 26.4. The topological polar surface area (TPSA) is 79.9 Å². The van der Waals surface area contributed by atoms with Gasteiger partial charge in [-0.2, -0.15) is 0 Å². The Morgan fingerprint density at radius 1 is 1.08 bits per heavy atom. The highest BCUT2D eigenvalue weighted by Crippen LogP contribution is 2.38. The van der Waals surface area contributed by atoms with Crippen molar-refractivity contribution < 1.29 is 19.1 Å². The fourth-order valence-electron chi connectivity index (χ4n) is 2.82. The first-order chi connectivity index (χ1) is 12.5. The van der Waals surface area contributed by atoms with Crippen molar-refractivity contribution in [1.82, 2.24) is 15.5 Å². The summed E-state index contributed by atoms with van der Waals surface area (Å²) < 4.78 is 10.5. The average molecular weight is 363 g/mol. The molecular formula is C19H29N3O4. The van der Waals surface area contributed by atoms with Crippen LogP contribution in [0, 0.1) is 11.8 Å². The van der Waals surface area contributed by atoms with Gasteiger partial charge in [0.25, 0.3) is 0 Å². The summed E-state index contributed by atoms with van der Waals surface area (Å²) in [5.74, 6) is 0.767.